The summed E-state index contributed by atoms with van der Waals surface area (Å²) in [5.41, 5.74) is 4.93. The Morgan fingerprint density at radius 1 is 1.28 bits per heavy atom. The second-order valence-corrected chi connectivity index (χ2v) is 5.90. The van der Waals surface area contributed by atoms with Gasteiger partial charge in [0.2, 0.25) is 5.91 Å². The van der Waals surface area contributed by atoms with Crippen LogP contribution in [0.1, 0.15) is 46.0 Å². The molecule has 0 bridgehead atoms. The van der Waals surface area contributed by atoms with Crippen LogP contribution in [-0.4, -0.2) is 29.1 Å². The molecule has 0 aromatic carbocycles. The molecule has 0 atom stereocenters. The maximum atomic E-state index is 12.1. The van der Waals surface area contributed by atoms with Gasteiger partial charge in [0, 0.05) is 11.5 Å². The summed E-state index contributed by atoms with van der Waals surface area (Å²) in [6.07, 6.45) is 3.65. The van der Waals surface area contributed by atoms with Crippen molar-refractivity contribution in [3.8, 4) is 0 Å². The van der Waals surface area contributed by atoms with E-state index in [1.54, 1.807) is 13.8 Å². The van der Waals surface area contributed by atoms with Crippen molar-refractivity contribution in [2.24, 2.45) is 17.6 Å². The van der Waals surface area contributed by atoms with E-state index in [-0.39, 0.29) is 18.2 Å². The van der Waals surface area contributed by atoms with Crippen molar-refractivity contribution in [3.63, 3.8) is 0 Å². The van der Waals surface area contributed by atoms with Crippen LogP contribution < -0.4 is 11.1 Å². The number of hydrogen-bond donors (Lipinski definition) is 3. The molecule has 1 aliphatic carbocycles. The smallest absolute Gasteiger partial charge is 0.305 e. The number of carboxylic acid groups (broad SMARTS) is 1. The Balaban J connectivity index is 2.44. The van der Waals surface area contributed by atoms with Crippen LogP contribution in [0, 0.1) is 11.8 Å². The second-order valence-electron chi connectivity index (χ2n) is 5.90. The molecule has 4 N–H and O–H groups in total. The standard InChI is InChI=1S/C13H24N2O3/c1-13(2,7-11(16)17)15-12(18)10-5-3-9(8-14)4-6-10/h9-10H,3-8,14H2,1-2H3,(H,15,18)(H,16,17). The van der Waals surface area contributed by atoms with Crippen molar-refractivity contribution in [2.75, 3.05) is 6.54 Å². The first-order chi connectivity index (χ1) is 8.34. The number of hydrogen-bond acceptors (Lipinski definition) is 3. The molecule has 5 heteroatoms. The summed E-state index contributed by atoms with van der Waals surface area (Å²) in [7, 11) is 0. The third kappa shape index (κ3) is 4.64. The molecule has 1 saturated carbocycles. The fraction of sp³-hybridized carbons (Fsp3) is 0.846. The highest BCUT2D eigenvalue weighted by molar-refractivity contribution is 5.80. The van der Waals surface area contributed by atoms with E-state index in [9.17, 15) is 9.59 Å². The number of carbonyl (C=O) groups is 2. The van der Waals surface area contributed by atoms with Gasteiger partial charge in [-0.1, -0.05) is 0 Å². The van der Waals surface area contributed by atoms with Crippen molar-refractivity contribution in [1.82, 2.24) is 5.32 Å². The van der Waals surface area contributed by atoms with Gasteiger partial charge >= 0.3 is 5.97 Å². The highest BCUT2D eigenvalue weighted by Gasteiger charge is 2.30. The third-order valence-corrected chi connectivity index (χ3v) is 3.61. The second kappa shape index (κ2) is 6.18. The summed E-state index contributed by atoms with van der Waals surface area (Å²) in [6.45, 7) is 4.17. The van der Waals surface area contributed by atoms with Gasteiger partial charge in [0.05, 0.1) is 6.42 Å². The van der Waals surface area contributed by atoms with Gasteiger partial charge in [0.15, 0.2) is 0 Å². The van der Waals surface area contributed by atoms with Gasteiger partial charge in [-0.05, 0) is 52.0 Å². The van der Waals surface area contributed by atoms with E-state index in [0.717, 1.165) is 25.7 Å². The summed E-state index contributed by atoms with van der Waals surface area (Å²) in [6, 6.07) is 0. The molecule has 18 heavy (non-hydrogen) atoms. The molecule has 0 radical (unpaired) electrons. The summed E-state index contributed by atoms with van der Waals surface area (Å²) < 4.78 is 0. The lowest BCUT2D eigenvalue weighted by Gasteiger charge is -2.31. The monoisotopic (exact) mass is 256 g/mol. The van der Waals surface area contributed by atoms with Crippen LogP contribution in [0.3, 0.4) is 0 Å². The zero-order valence-electron chi connectivity index (χ0n) is 11.2. The number of carbonyl (C=O) groups excluding carboxylic acids is 1. The molecule has 5 nitrogen and oxygen atoms in total. The lowest BCUT2D eigenvalue weighted by molar-refractivity contribution is -0.139. The van der Waals surface area contributed by atoms with Crippen LogP contribution in [-0.2, 0) is 9.59 Å². The minimum Gasteiger partial charge on any atom is -0.481 e. The number of nitrogens with two attached hydrogens (primary N) is 1. The van der Waals surface area contributed by atoms with E-state index < -0.39 is 11.5 Å². The van der Waals surface area contributed by atoms with E-state index in [4.69, 9.17) is 10.8 Å². The molecule has 0 saturated heterocycles. The quantitative estimate of drug-likeness (QED) is 0.687. The van der Waals surface area contributed by atoms with Crippen molar-refractivity contribution < 1.29 is 14.7 Å². The maximum Gasteiger partial charge on any atom is 0.305 e. The predicted octanol–water partition coefficient (Wildman–Crippen LogP) is 1.12. The fourth-order valence-corrected chi connectivity index (χ4v) is 2.52. The zero-order chi connectivity index (χ0) is 13.8. The van der Waals surface area contributed by atoms with Crippen molar-refractivity contribution in [2.45, 2.75) is 51.5 Å². The molecule has 0 unspecified atom stereocenters. The predicted molar refractivity (Wildman–Crippen MR) is 69.0 cm³/mol. The highest BCUT2D eigenvalue weighted by atomic mass is 16.4. The molecule has 1 amide bonds. The fourth-order valence-electron chi connectivity index (χ4n) is 2.52. The Bertz CT molecular complexity index is 307. The molecule has 0 aromatic heterocycles. The molecule has 1 aliphatic rings. The maximum absolute atomic E-state index is 12.1. The van der Waals surface area contributed by atoms with E-state index in [1.165, 1.54) is 0 Å². The number of carboxylic acids is 1. The Morgan fingerprint density at radius 3 is 2.28 bits per heavy atom. The Hall–Kier alpha value is -1.10. The molecule has 0 spiro atoms. The van der Waals surface area contributed by atoms with E-state index >= 15 is 0 Å². The van der Waals surface area contributed by atoms with Crippen LogP contribution in [0.15, 0.2) is 0 Å². The van der Waals surface area contributed by atoms with Crippen molar-refractivity contribution in [1.29, 1.82) is 0 Å². The molecular formula is C13H24N2O3. The van der Waals surface area contributed by atoms with E-state index in [1.807, 2.05) is 0 Å². The Labute approximate surface area is 108 Å². The molecule has 1 fully saturated rings. The Morgan fingerprint density at radius 2 is 1.83 bits per heavy atom. The van der Waals surface area contributed by atoms with Gasteiger partial charge in [-0.15, -0.1) is 0 Å². The van der Waals surface area contributed by atoms with Gasteiger partial charge in [-0.25, -0.2) is 0 Å². The van der Waals surface area contributed by atoms with Crippen molar-refractivity contribution >= 4 is 11.9 Å². The Kier molecular flexibility index (Phi) is 5.14. The van der Waals surface area contributed by atoms with Crippen LogP contribution in [0.25, 0.3) is 0 Å². The molecular weight excluding hydrogens is 232 g/mol. The van der Waals surface area contributed by atoms with Gasteiger partial charge < -0.3 is 16.2 Å². The summed E-state index contributed by atoms with van der Waals surface area (Å²) in [5.74, 6) is -0.356. The van der Waals surface area contributed by atoms with Gasteiger partial charge in [-0.3, -0.25) is 9.59 Å². The molecule has 0 heterocycles. The van der Waals surface area contributed by atoms with Crippen LogP contribution in [0.5, 0.6) is 0 Å². The average Bonchev–Trinajstić information content (AvgIpc) is 2.26. The van der Waals surface area contributed by atoms with Gasteiger partial charge in [0.25, 0.3) is 0 Å². The topological polar surface area (TPSA) is 92.4 Å². The number of rotatable bonds is 5. The minimum atomic E-state index is -0.896. The lowest BCUT2D eigenvalue weighted by Crippen LogP contribution is -2.48. The van der Waals surface area contributed by atoms with E-state index in [2.05, 4.69) is 5.32 Å². The molecule has 0 aromatic rings. The molecule has 1 rings (SSSR count). The SMILES string of the molecule is CC(C)(CC(=O)O)NC(=O)C1CCC(CN)CC1. The lowest BCUT2D eigenvalue weighted by atomic mass is 9.81. The summed E-state index contributed by atoms with van der Waals surface area (Å²) >= 11 is 0. The first kappa shape index (κ1) is 15.0. The number of aliphatic carboxylic acids is 1. The normalized spacial score (nSPS) is 24.6. The average molecular weight is 256 g/mol. The van der Waals surface area contributed by atoms with Crippen LogP contribution in [0.2, 0.25) is 0 Å². The van der Waals surface area contributed by atoms with Crippen molar-refractivity contribution in [3.05, 3.63) is 0 Å². The van der Waals surface area contributed by atoms with E-state index in [0.29, 0.717) is 12.5 Å². The molecule has 0 aliphatic heterocycles. The summed E-state index contributed by atoms with van der Waals surface area (Å²) in [5, 5.41) is 11.6. The molecule has 104 valence electrons. The third-order valence-electron chi connectivity index (χ3n) is 3.61. The van der Waals surface area contributed by atoms with Crippen LogP contribution >= 0.6 is 0 Å². The number of amides is 1. The highest BCUT2D eigenvalue weighted by Crippen LogP contribution is 2.28. The first-order valence-electron chi connectivity index (χ1n) is 6.58. The van der Waals surface area contributed by atoms with Gasteiger partial charge in [0.1, 0.15) is 0 Å². The zero-order valence-corrected chi connectivity index (χ0v) is 11.2. The first-order valence-corrected chi connectivity index (χ1v) is 6.58. The van der Waals surface area contributed by atoms with Gasteiger partial charge in [-0.2, -0.15) is 0 Å². The summed E-state index contributed by atoms with van der Waals surface area (Å²) in [4.78, 5) is 22.7. The van der Waals surface area contributed by atoms with Crippen LogP contribution in [0.4, 0.5) is 0 Å². The largest absolute Gasteiger partial charge is 0.481 e. The number of nitrogens with one attached hydrogen (secondary N) is 1. The minimum absolute atomic E-state index is 0.0147.